The maximum Gasteiger partial charge on any atom is 0.0555 e. The van der Waals surface area contributed by atoms with Gasteiger partial charge < -0.3 is 10.8 Å². The van der Waals surface area contributed by atoms with E-state index < -0.39 is 0 Å². The molecule has 3 N–H and O–H groups in total. The van der Waals surface area contributed by atoms with Crippen LogP contribution in [0.15, 0.2) is 11.4 Å². The Balaban J connectivity index is 1.90. The molecular formula is C15H22N2OS. The van der Waals surface area contributed by atoms with Crippen molar-refractivity contribution in [2.45, 2.75) is 38.3 Å². The lowest BCUT2D eigenvalue weighted by atomic mass is 10.1. The summed E-state index contributed by atoms with van der Waals surface area (Å²) in [4.78, 5) is 3.92. The van der Waals surface area contributed by atoms with Crippen LogP contribution in [0.25, 0.3) is 0 Å². The van der Waals surface area contributed by atoms with E-state index in [0.717, 1.165) is 24.9 Å². The Kier molecular flexibility index (Phi) is 5.87. The summed E-state index contributed by atoms with van der Waals surface area (Å²) in [6.45, 7) is 2.92. The second kappa shape index (κ2) is 7.66. The lowest BCUT2D eigenvalue weighted by Crippen LogP contribution is -2.28. The van der Waals surface area contributed by atoms with Gasteiger partial charge in [0.15, 0.2) is 0 Å². The summed E-state index contributed by atoms with van der Waals surface area (Å²) in [5.74, 6) is 5.97. The lowest BCUT2D eigenvalue weighted by Gasteiger charge is -2.23. The predicted octanol–water partition coefficient (Wildman–Crippen LogP) is 1.80. The fourth-order valence-electron chi connectivity index (χ4n) is 2.64. The van der Waals surface area contributed by atoms with E-state index in [9.17, 15) is 0 Å². The summed E-state index contributed by atoms with van der Waals surface area (Å²) >= 11 is 1.78. The van der Waals surface area contributed by atoms with Crippen molar-refractivity contribution in [3.05, 3.63) is 21.9 Å². The van der Waals surface area contributed by atoms with Crippen molar-refractivity contribution < 1.29 is 5.11 Å². The zero-order chi connectivity index (χ0) is 13.5. The fraction of sp³-hybridized carbons (Fsp3) is 0.600. The zero-order valence-electron chi connectivity index (χ0n) is 11.3. The third-order valence-electron chi connectivity index (χ3n) is 3.54. The molecule has 0 spiro atoms. The van der Waals surface area contributed by atoms with Crippen LogP contribution >= 0.6 is 11.3 Å². The molecule has 1 aliphatic rings. The Morgan fingerprint density at radius 2 is 2.42 bits per heavy atom. The number of likely N-dealkylation sites (tertiary alicyclic amines) is 1. The molecule has 1 aromatic rings. The van der Waals surface area contributed by atoms with Crippen molar-refractivity contribution >= 4 is 11.3 Å². The van der Waals surface area contributed by atoms with Crippen molar-refractivity contribution in [3.8, 4) is 11.8 Å². The molecule has 0 saturated carbocycles. The summed E-state index contributed by atoms with van der Waals surface area (Å²) < 4.78 is 0. The van der Waals surface area contributed by atoms with E-state index in [1.807, 2.05) is 0 Å². The van der Waals surface area contributed by atoms with Gasteiger partial charge in [0.2, 0.25) is 0 Å². The van der Waals surface area contributed by atoms with E-state index in [4.69, 9.17) is 10.8 Å². The summed E-state index contributed by atoms with van der Waals surface area (Å²) in [5, 5.41) is 11.1. The number of thiophene rings is 1. The van der Waals surface area contributed by atoms with Crippen molar-refractivity contribution in [1.82, 2.24) is 4.90 Å². The first-order valence-corrected chi connectivity index (χ1v) is 7.82. The molecule has 1 aliphatic heterocycles. The number of rotatable bonds is 5. The third kappa shape index (κ3) is 4.32. The van der Waals surface area contributed by atoms with Gasteiger partial charge >= 0.3 is 0 Å². The fourth-order valence-corrected chi connectivity index (χ4v) is 3.48. The van der Waals surface area contributed by atoms with Gasteiger partial charge in [-0.3, -0.25) is 4.90 Å². The lowest BCUT2D eigenvalue weighted by molar-refractivity contribution is 0.211. The SMILES string of the molecule is NCC#Cc1csc(CN2CCCC2CCCO)c1. The average Bonchev–Trinajstić information content (AvgIpc) is 3.04. The van der Waals surface area contributed by atoms with Gasteiger partial charge in [-0.05, 0) is 38.3 Å². The number of nitrogens with two attached hydrogens (primary N) is 1. The highest BCUT2D eigenvalue weighted by Gasteiger charge is 2.24. The van der Waals surface area contributed by atoms with Gasteiger partial charge in [-0.1, -0.05) is 11.8 Å². The van der Waals surface area contributed by atoms with E-state index in [-0.39, 0.29) is 0 Å². The molecule has 2 heterocycles. The van der Waals surface area contributed by atoms with Crippen LogP contribution in [-0.4, -0.2) is 35.7 Å². The molecule has 1 saturated heterocycles. The molecule has 19 heavy (non-hydrogen) atoms. The van der Waals surface area contributed by atoms with Crippen LogP contribution < -0.4 is 5.73 Å². The van der Waals surface area contributed by atoms with Crippen LogP contribution in [0.1, 0.15) is 36.1 Å². The van der Waals surface area contributed by atoms with Gasteiger partial charge in [-0.25, -0.2) is 0 Å². The first-order valence-electron chi connectivity index (χ1n) is 6.94. The largest absolute Gasteiger partial charge is 0.396 e. The molecule has 1 aromatic heterocycles. The van der Waals surface area contributed by atoms with Gasteiger partial charge in [-0.2, -0.15) is 0 Å². The number of aliphatic hydroxyl groups excluding tert-OH is 1. The van der Waals surface area contributed by atoms with Crippen molar-refractivity contribution in [2.24, 2.45) is 5.73 Å². The van der Waals surface area contributed by atoms with Gasteiger partial charge in [-0.15, -0.1) is 11.3 Å². The molecular weight excluding hydrogens is 256 g/mol. The topological polar surface area (TPSA) is 49.5 Å². The molecule has 3 nitrogen and oxygen atoms in total. The minimum Gasteiger partial charge on any atom is -0.396 e. The first kappa shape index (κ1) is 14.5. The van der Waals surface area contributed by atoms with Gasteiger partial charge in [0.1, 0.15) is 0 Å². The van der Waals surface area contributed by atoms with Crippen molar-refractivity contribution in [2.75, 3.05) is 19.7 Å². The third-order valence-corrected chi connectivity index (χ3v) is 4.46. The summed E-state index contributed by atoms with van der Waals surface area (Å²) in [5.41, 5.74) is 6.46. The quantitative estimate of drug-likeness (QED) is 0.808. The van der Waals surface area contributed by atoms with Gasteiger partial charge in [0.05, 0.1) is 6.54 Å². The minimum absolute atomic E-state index is 0.308. The maximum absolute atomic E-state index is 8.95. The van der Waals surface area contributed by atoms with Crippen molar-refractivity contribution in [3.63, 3.8) is 0 Å². The normalized spacial score (nSPS) is 19.4. The zero-order valence-corrected chi connectivity index (χ0v) is 12.1. The highest BCUT2D eigenvalue weighted by atomic mass is 32.1. The Morgan fingerprint density at radius 1 is 1.53 bits per heavy atom. The maximum atomic E-state index is 8.95. The molecule has 2 rings (SSSR count). The molecule has 1 fully saturated rings. The molecule has 0 aliphatic carbocycles. The van der Waals surface area contributed by atoms with Crippen LogP contribution in [-0.2, 0) is 6.54 Å². The number of nitrogens with zero attached hydrogens (tertiary/aromatic N) is 1. The van der Waals surface area contributed by atoms with E-state index >= 15 is 0 Å². The Hall–Kier alpha value is -0.860. The molecule has 0 amide bonds. The van der Waals surface area contributed by atoms with E-state index in [0.29, 0.717) is 19.2 Å². The van der Waals surface area contributed by atoms with E-state index in [2.05, 4.69) is 28.2 Å². The smallest absolute Gasteiger partial charge is 0.0555 e. The molecule has 104 valence electrons. The average molecular weight is 278 g/mol. The van der Waals surface area contributed by atoms with Gasteiger partial charge in [0, 0.05) is 35.0 Å². The Bertz CT molecular complexity index is 446. The molecule has 1 unspecified atom stereocenters. The summed E-state index contributed by atoms with van der Waals surface area (Å²) in [6, 6.07) is 2.82. The van der Waals surface area contributed by atoms with Gasteiger partial charge in [0.25, 0.3) is 0 Å². The second-order valence-electron chi connectivity index (χ2n) is 4.94. The number of hydrogen-bond donors (Lipinski definition) is 2. The van der Waals surface area contributed by atoms with Crippen LogP contribution in [0.5, 0.6) is 0 Å². The molecule has 0 radical (unpaired) electrons. The second-order valence-corrected chi connectivity index (χ2v) is 5.94. The number of aliphatic hydroxyl groups is 1. The molecule has 0 bridgehead atoms. The standard InChI is InChI=1S/C15H22N2OS/c16-7-1-4-13-10-15(19-12-13)11-17-8-2-5-14(17)6-3-9-18/h10,12,14,18H,2-3,5-9,11,16H2. The highest BCUT2D eigenvalue weighted by molar-refractivity contribution is 7.10. The minimum atomic E-state index is 0.308. The molecule has 1 atom stereocenters. The van der Waals surface area contributed by atoms with Crippen LogP contribution in [0.2, 0.25) is 0 Å². The summed E-state index contributed by atoms with van der Waals surface area (Å²) in [7, 11) is 0. The molecule has 4 heteroatoms. The predicted molar refractivity (Wildman–Crippen MR) is 80.0 cm³/mol. The van der Waals surface area contributed by atoms with Crippen molar-refractivity contribution in [1.29, 1.82) is 0 Å². The summed E-state index contributed by atoms with van der Waals surface area (Å²) in [6.07, 6.45) is 4.58. The van der Waals surface area contributed by atoms with E-state index in [1.165, 1.54) is 24.3 Å². The monoisotopic (exact) mass is 278 g/mol. The van der Waals surface area contributed by atoms with E-state index in [1.54, 1.807) is 11.3 Å². The van der Waals surface area contributed by atoms with Crippen LogP contribution in [0.3, 0.4) is 0 Å². The Labute approximate surface area is 119 Å². The van der Waals surface area contributed by atoms with Crippen LogP contribution in [0, 0.1) is 11.8 Å². The highest BCUT2D eigenvalue weighted by Crippen LogP contribution is 2.25. The Morgan fingerprint density at radius 3 is 3.21 bits per heavy atom. The van der Waals surface area contributed by atoms with Crippen LogP contribution in [0.4, 0.5) is 0 Å². The number of hydrogen-bond acceptors (Lipinski definition) is 4. The molecule has 0 aromatic carbocycles. The first-order chi connectivity index (χ1) is 9.33.